The first-order chi connectivity index (χ1) is 13.0. The molecule has 0 aromatic carbocycles. The molecule has 1 amide bonds. The molecule has 9 heteroatoms. The fraction of sp³-hybridized carbons (Fsp3) is 0.556. The zero-order chi connectivity index (χ0) is 18.3. The number of H-pyrrole nitrogens is 1. The van der Waals surface area contributed by atoms with Gasteiger partial charge in [-0.15, -0.1) is 11.3 Å². The second-order valence-electron chi connectivity index (χ2n) is 8.01. The molecule has 3 aliphatic heterocycles. The van der Waals surface area contributed by atoms with Crippen LogP contribution in [0.2, 0.25) is 0 Å². The van der Waals surface area contributed by atoms with E-state index in [1.807, 2.05) is 0 Å². The van der Waals surface area contributed by atoms with Gasteiger partial charge in [-0.2, -0.15) is 5.10 Å². The molecule has 1 saturated carbocycles. The SMILES string of the molecule is O=C1NC(C2[C@H]3COC[C@@H]23)CN2CC(F)(F)Cc3c(-c4cn[nH]c4)sc1c32. The van der Waals surface area contributed by atoms with Crippen molar-refractivity contribution in [3.63, 3.8) is 0 Å². The van der Waals surface area contributed by atoms with Crippen LogP contribution in [0.25, 0.3) is 10.4 Å². The molecule has 0 radical (unpaired) electrons. The monoisotopic (exact) mass is 392 g/mol. The van der Waals surface area contributed by atoms with E-state index in [9.17, 15) is 13.6 Å². The first-order valence-electron chi connectivity index (χ1n) is 9.18. The van der Waals surface area contributed by atoms with Gasteiger partial charge in [-0.25, -0.2) is 8.78 Å². The van der Waals surface area contributed by atoms with Gasteiger partial charge in [0.25, 0.3) is 11.8 Å². The van der Waals surface area contributed by atoms with Gasteiger partial charge in [-0.3, -0.25) is 9.89 Å². The third kappa shape index (κ3) is 2.30. The lowest BCUT2D eigenvalue weighted by Gasteiger charge is -2.36. The summed E-state index contributed by atoms with van der Waals surface area (Å²) in [6, 6.07) is -0.102. The Morgan fingerprint density at radius 1 is 1.30 bits per heavy atom. The van der Waals surface area contributed by atoms with Crippen molar-refractivity contribution in [2.45, 2.75) is 18.4 Å². The number of hydrogen-bond acceptors (Lipinski definition) is 5. The van der Waals surface area contributed by atoms with Crippen molar-refractivity contribution in [1.82, 2.24) is 15.5 Å². The highest BCUT2D eigenvalue weighted by Crippen LogP contribution is 2.54. The number of ether oxygens (including phenoxy) is 1. The van der Waals surface area contributed by atoms with Crippen molar-refractivity contribution < 1.29 is 18.3 Å². The Morgan fingerprint density at radius 2 is 2.11 bits per heavy atom. The summed E-state index contributed by atoms with van der Waals surface area (Å²) in [7, 11) is 0. The Hall–Kier alpha value is -2.00. The van der Waals surface area contributed by atoms with Gasteiger partial charge in [0.1, 0.15) is 4.88 Å². The molecule has 0 spiro atoms. The lowest BCUT2D eigenvalue weighted by molar-refractivity contribution is 0.00523. The molecule has 5 heterocycles. The minimum atomic E-state index is -2.82. The molecule has 2 N–H and O–H groups in total. The number of amides is 1. The number of fused-ring (bicyclic) bond motifs is 1. The van der Waals surface area contributed by atoms with Gasteiger partial charge in [0, 0.05) is 35.2 Å². The zero-order valence-corrected chi connectivity index (χ0v) is 15.2. The Kier molecular flexibility index (Phi) is 3.13. The summed E-state index contributed by atoms with van der Waals surface area (Å²) in [6.45, 7) is 1.53. The van der Waals surface area contributed by atoms with E-state index >= 15 is 0 Å². The van der Waals surface area contributed by atoms with Gasteiger partial charge in [0.15, 0.2) is 0 Å². The normalized spacial score (nSPS) is 33.3. The highest BCUT2D eigenvalue weighted by Gasteiger charge is 2.59. The summed E-state index contributed by atoms with van der Waals surface area (Å²) in [6.07, 6.45) is 2.96. The first-order valence-corrected chi connectivity index (χ1v) is 10.00. The van der Waals surface area contributed by atoms with Crippen LogP contribution in [0.3, 0.4) is 0 Å². The summed E-state index contributed by atoms with van der Waals surface area (Å²) >= 11 is 1.29. The average molecular weight is 392 g/mol. The van der Waals surface area contributed by atoms with E-state index in [1.165, 1.54) is 11.3 Å². The molecule has 1 saturated heterocycles. The molecular formula is C18H18F2N4O2S. The molecule has 0 bridgehead atoms. The number of anilines is 1. The van der Waals surface area contributed by atoms with Crippen LogP contribution >= 0.6 is 11.3 Å². The van der Waals surface area contributed by atoms with Crippen LogP contribution in [0.5, 0.6) is 0 Å². The number of aromatic amines is 1. The predicted octanol–water partition coefficient (Wildman–Crippen LogP) is 2.14. The van der Waals surface area contributed by atoms with Crippen molar-refractivity contribution in [1.29, 1.82) is 0 Å². The standard InChI is InChI=1S/C18H18F2N4O2S/c19-18(20)1-9-14-16(27-15(9)8-2-21-22-3-8)17(25)23-12(4-24(14)7-18)13-10-5-26-6-11(10)13/h2-3,10-13H,1,4-7H2,(H,21,22)(H,23,25)/t10-,11+,12?,13?. The van der Waals surface area contributed by atoms with E-state index < -0.39 is 5.92 Å². The summed E-state index contributed by atoms with van der Waals surface area (Å²) in [5, 5.41) is 9.80. The maximum atomic E-state index is 14.6. The molecule has 6 nitrogen and oxygen atoms in total. The first kappa shape index (κ1) is 16.0. The Bertz CT molecular complexity index is 918. The number of hydrogen-bond donors (Lipinski definition) is 2. The zero-order valence-electron chi connectivity index (χ0n) is 14.4. The minimum absolute atomic E-state index is 0.102. The summed E-state index contributed by atoms with van der Waals surface area (Å²) < 4.78 is 34.6. The molecule has 4 aliphatic rings. The van der Waals surface area contributed by atoms with Crippen LogP contribution < -0.4 is 10.2 Å². The topological polar surface area (TPSA) is 70.2 Å². The predicted molar refractivity (Wildman–Crippen MR) is 95.3 cm³/mol. The van der Waals surface area contributed by atoms with E-state index in [0.717, 1.165) is 18.8 Å². The second kappa shape index (κ2) is 5.29. The third-order valence-corrected chi connectivity index (χ3v) is 7.61. The quantitative estimate of drug-likeness (QED) is 0.822. The van der Waals surface area contributed by atoms with E-state index in [1.54, 1.807) is 17.3 Å². The lowest BCUT2D eigenvalue weighted by Crippen LogP contribution is -2.49. The van der Waals surface area contributed by atoms with E-state index in [2.05, 4.69) is 15.5 Å². The molecule has 27 heavy (non-hydrogen) atoms. The van der Waals surface area contributed by atoms with Crippen LogP contribution in [0.15, 0.2) is 12.4 Å². The van der Waals surface area contributed by atoms with Crippen LogP contribution in [0, 0.1) is 17.8 Å². The summed E-state index contributed by atoms with van der Waals surface area (Å²) in [4.78, 5) is 16.0. The van der Waals surface area contributed by atoms with E-state index in [0.29, 0.717) is 45.3 Å². The van der Waals surface area contributed by atoms with E-state index in [4.69, 9.17) is 4.74 Å². The molecular weight excluding hydrogens is 374 g/mol. The second-order valence-corrected chi connectivity index (χ2v) is 9.03. The molecule has 4 atom stereocenters. The number of carbonyl (C=O) groups excluding carboxylic acids is 1. The van der Waals surface area contributed by atoms with Gasteiger partial charge in [0.2, 0.25) is 0 Å². The number of alkyl halides is 2. The number of thiophene rings is 1. The Labute approximate surface area is 157 Å². The smallest absolute Gasteiger partial charge is 0.269 e. The largest absolute Gasteiger partial charge is 0.381 e. The molecule has 2 aromatic heterocycles. The molecule has 2 fully saturated rings. The van der Waals surface area contributed by atoms with Crippen LogP contribution in [-0.4, -0.2) is 54.4 Å². The molecule has 142 valence electrons. The molecule has 2 unspecified atom stereocenters. The third-order valence-electron chi connectivity index (χ3n) is 6.34. The fourth-order valence-corrected chi connectivity index (χ4v) is 6.39. The van der Waals surface area contributed by atoms with Crippen molar-refractivity contribution in [2.24, 2.45) is 17.8 Å². The Balaban J connectivity index is 1.43. The van der Waals surface area contributed by atoms with Crippen LogP contribution in [-0.2, 0) is 11.2 Å². The maximum Gasteiger partial charge on any atom is 0.269 e. The number of nitrogens with one attached hydrogen (secondary N) is 2. The number of aromatic nitrogens is 2. The van der Waals surface area contributed by atoms with Crippen LogP contribution in [0.4, 0.5) is 14.5 Å². The number of carbonyl (C=O) groups is 1. The van der Waals surface area contributed by atoms with Crippen molar-refractivity contribution in [2.75, 3.05) is 31.2 Å². The Morgan fingerprint density at radius 3 is 2.85 bits per heavy atom. The highest BCUT2D eigenvalue weighted by atomic mass is 32.1. The maximum absolute atomic E-state index is 14.6. The lowest BCUT2D eigenvalue weighted by atomic mass is 9.97. The highest BCUT2D eigenvalue weighted by molar-refractivity contribution is 7.18. The van der Waals surface area contributed by atoms with Gasteiger partial charge >= 0.3 is 0 Å². The average Bonchev–Trinajstić information content (AvgIpc) is 3.07. The summed E-state index contributed by atoms with van der Waals surface area (Å²) in [5.41, 5.74) is 2.02. The van der Waals surface area contributed by atoms with Gasteiger partial charge in [0.05, 0.1) is 37.7 Å². The number of halogens is 2. The van der Waals surface area contributed by atoms with Crippen molar-refractivity contribution in [3.05, 3.63) is 22.8 Å². The van der Waals surface area contributed by atoms with Crippen molar-refractivity contribution in [3.8, 4) is 10.4 Å². The minimum Gasteiger partial charge on any atom is -0.381 e. The molecule has 1 aliphatic carbocycles. The fourth-order valence-electron chi connectivity index (χ4n) is 5.16. The van der Waals surface area contributed by atoms with Crippen LogP contribution in [0.1, 0.15) is 15.2 Å². The number of nitrogens with zero attached hydrogens (tertiary/aromatic N) is 2. The van der Waals surface area contributed by atoms with Crippen molar-refractivity contribution >= 4 is 22.9 Å². The molecule has 2 aromatic rings. The molecule has 6 rings (SSSR count). The number of rotatable bonds is 2. The van der Waals surface area contributed by atoms with Gasteiger partial charge in [-0.1, -0.05) is 0 Å². The van der Waals surface area contributed by atoms with Gasteiger partial charge in [-0.05, 0) is 17.8 Å². The van der Waals surface area contributed by atoms with Gasteiger partial charge < -0.3 is 15.0 Å². The summed E-state index contributed by atoms with van der Waals surface area (Å²) in [5.74, 6) is -1.71. The van der Waals surface area contributed by atoms with E-state index in [-0.39, 0.29) is 24.9 Å².